The molecule has 0 unspecified atom stereocenters. The second-order valence-corrected chi connectivity index (χ2v) is 5.97. The topological polar surface area (TPSA) is 67.5 Å². The number of carbonyl (C=O) groups is 1. The number of nitrogens with two attached hydrogens (primary N) is 1. The number of carbonyl (C=O) groups excluding carboxylic acids is 1. The number of primary amides is 1. The normalized spacial score (nSPS) is 40.4. The van der Waals surface area contributed by atoms with Gasteiger partial charge in [0.1, 0.15) is 0 Å². The first-order chi connectivity index (χ1) is 7.38. The highest BCUT2D eigenvalue weighted by Crippen LogP contribution is 2.67. The van der Waals surface area contributed by atoms with E-state index in [-0.39, 0.29) is 0 Å². The maximum absolute atomic E-state index is 10.5. The zero-order valence-corrected chi connectivity index (χ0v) is 10.3. The van der Waals surface area contributed by atoms with Crippen LogP contribution in [0.5, 0.6) is 0 Å². The van der Waals surface area contributed by atoms with Crippen LogP contribution in [0, 0.1) is 22.7 Å². The summed E-state index contributed by atoms with van der Waals surface area (Å²) in [6.45, 7) is 7.07. The van der Waals surface area contributed by atoms with Gasteiger partial charge in [0.15, 0.2) is 0 Å². The molecular weight excluding hydrogens is 202 g/mol. The Hall–Kier alpha value is -1.06. The smallest absolute Gasteiger partial charge is 0.332 e. The minimum absolute atomic E-state index is 0.320. The Kier molecular flexibility index (Phi) is 2.48. The lowest BCUT2D eigenvalue weighted by Gasteiger charge is -2.37. The van der Waals surface area contributed by atoms with Gasteiger partial charge in [-0.05, 0) is 36.0 Å². The Bertz CT molecular complexity index is 337. The van der Waals surface area contributed by atoms with Crippen molar-refractivity contribution in [1.29, 1.82) is 0 Å². The summed E-state index contributed by atoms with van der Waals surface area (Å²) in [5.41, 5.74) is 7.97. The van der Waals surface area contributed by atoms with E-state index in [0.29, 0.717) is 16.7 Å². The van der Waals surface area contributed by atoms with Crippen molar-refractivity contribution >= 4 is 12.2 Å². The molecule has 90 valence electrons. The fraction of sp³-hybridized carbons (Fsp3) is 0.833. The molecule has 0 aromatic rings. The van der Waals surface area contributed by atoms with Crippen molar-refractivity contribution in [3.63, 3.8) is 0 Å². The maximum Gasteiger partial charge on any atom is 0.332 e. The number of amides is 2. The molecule has 4 heteroatoms. The van der Waals surface area contributed by atoms with E-state index in [9.17, 15) is 4.79 Å². The van der Waals surface area contributed by atoms with Crippen LogP contribution in [0.3, 0.4) is 0 Å². The third-order valence-electron chi connectivity index (χ3n) is 5.29. The molecule has 0 aromatic carbocycles. The Labute approximate surface area is 96.7 Å². The molecule has 16 heavy (non-hydrogen) atoms. The van der Waals surface area contributed by atoms with Gasteiger partial charge in [-0.25, -0.2) is 10.2 Å². The molecule has 2 aliphatic rings. The number of hydrogen-bond donors (Lipinski definition) is 2. The van der Waals surface area contributed by atoms with E-state index in [4.69, 9.17) is 5.73 Å². The van der Waals surface area contributed by atoms with Gasteiger partial charge in [-0.2, -0.15) is 5.10 Å². The predicted octanol–water partition coefficient (Wildman–Crippen LogP) is 2.10. The van der Waals surface area contributed by atoms with Crippen LogP contribution in [-0.4, -0.2) is 12.2 Å². The van der Waals surface area contributed by atoms with Crippen LogP contribution < -0.4 is 11.2 Å². The standard InChI is InChI=1S/C12H21N3O/c1-11(2)8-4-5-12(11,3)9(6-8)7-14-15-10(13)16/h7-9H,4-6H2,1-3H3,(H3,13,15,16)/b14-7+/t8-,9+,12-/m1/s1. The van der Waals surface area contributed by atoms with Gasteiger partial charge >= 0.3 is 6.03 Å². The first-order valence-corrected chi connectivity index (χ1v) is 5.96. The Morgan fingerprint density at radius 3 is 2.62 bits per heavy atom. The van der Waals surface area contributed by atoms with Crippen molar-refractivity contribution in [2.75, 3.05) is 0 Å². The summed E-state index contributed by atoms with van der Waals surface area (Å²) < 4.78 is 0. The van der Waals surface area contributed by atoms with Gasteiger partial charge in [-0.3, -0.25) is 0 Å². The summed E-state index contributed by atoms with van der Waals surface area (Å²) >= 11 is 0. The fourth-order valence-electron chi connectivity index (χ4n) is 3.68. The second kappa shape index (κ2) is 3.47. The monoisotopic (exact) mass is 223 g/mol. The minimum Gasteiger partial charge on any atom is -0.350 e. The van der Waals surface area contributed by atoms with E-state index in [0.717, 1.165) is 5.92 Å². The van der Waals surface area contributed by atoms with Crippen LogP contribution in [0.15, 0.2) is 5.10 Å². The molecule has 2 bridgehead atoms. The summed E-state index contributed by atoms with van der Waals surface area (Å²) in [5.74, 6) is 1.26. The average molecular weight is 223 g/mol. The van der Waals surface area contributed by atoms with Gasteiger partial charge in [-0.15, -0.1) is 0 Å². The summed E-state index contributed by atoms with van der Waals surface area (Å²) in [5, 5.41) is 3.93. The molecule has 3 atom stereocenters. The predicted molar refractivity (Wildman–Crippen MR) is 63.9 cm³/mol. The van der Waals surface area contributed by atoms with E-state index in [2.05, 4.69) is 31.3 Å². The molecule has 2 aliphatic carbocycles. The molecule has 3 N–H and O–H groups in total. The van der Waals surface area contributed by atoms with Crippen molar-refractivity contribution < 1.29 is 4.79 Å². The SMILES string of the molecule is CC1(C)[C@@H]2CC[C@]1(C)[C@H](/C=N/NC(N)=O)C2. The highest BCUT2D eigenvalue weighted by molar-refractivity contribution is 5.73. The summed E-state index contributed by atoms with van der Waals surface area (Å²) in [4.78, 5) is 10.5. The third kappa shape index (κ3) is 1.43. The van der Waals surface area contributed by atoms with Crippen molar-refractivity contribution in [2.24, 2.45) is 33.5 Å². The van der Waals surface area contributed by atoms with E-state index >= 15 is 0 Å². The lowest BCUT2D eigenvalue weighted by Crippen LogP contribution is -2.33. The number of nitrogens with one attached hydrogen (secondary N) is 1. The molecule has 0 radical (unpaired) electrons. The number of urea groups is 1. The molecular formula is C12H21N3O. The highest BCUT2D eigenvalue weighted by atomic mass is 16.2. The molecule has 2 amide bonds. The van der Waals surface area contributed by atoms with Gasteiger partial charge in [0.2, 0.25) is 0 Å². The van der Waals surface area contributed by atoms with E-state index < -0.39 is 6.03 Å². The number of hydrogen-bond acceptors (Lipinski definition) is 2. The summed E-state index contributed by atoms with van der Waals surface area (Å²) in [7, 11) is 0. The van der Waals surface area contributed by atoms with E-state index in [1.54, 1.807) is 0 Å². The molecule has 2 fully saturated rings. The molecule has 0 aliphatic heterocycles. The second-order valence-electron chi connectivity index (χ2n) is 5.97. The zero-order chi connectivity index (χ0) is 12.0. The first kappa shape index (κ1) is 11.4. The Morgan fingerprint density at radius 1 is 1.50 bits per heavy atom. The van der Waals surface area contributed by atoms with Gasteiger partial charge in [0.05, 0.1) is 0 Å². The molecule has 4 nitrogen and oxygen atoms in total. The number of fused-ring (bicyclic) bond motifs is 2. The number of hydrazone groups is 1. The lowest BCUT2D eigenvalue weighted by atomic mass is 9.67. The first-order valence-electron chi connectivity index (χ1n) is 5.96. The van der Waals surface area contributed by atoms with E-state index in [1.165, 1.54) is 19.3 Å². The van der Waals surface area contributed by atoms with Crippen LogP contribution in [0.4, 0.5) is 4.79 Å². The molecule has 0 saturated heterocycles. The molecule has 0 aromatic heterocycles. The summed E-state index contributed by atoms with van der Waals surface area (Å²) in [6, 6.07) is -0.594. The molecule has 2 saturated carbocycles. The van der Waals surface area contributed by atoms with Crippen LogP contribution >= 0.6 is 0 Å². The van der Waals surface area contributed by atoms with Crippen molar-refractivity contribution in [1.82, 2.24) is 5.43 Å². The van der Waals surface area contributed by atoms with Crippen LogP contribution in [0.2, 0.25) is 0 Å². The molecule has 2 rings (SSSR count). The summed E-state index contributed by atoms with van der Waals surface area (Å²) in [6.07, 6.45) is 5.66. The quantitative estimate of drug-likeness (QED) is 0.546. The van der Waals surface area contributed by atoms with Crippen LogP contribution in [0.1, 0.15) is 40.0 Å². The van der Waals surface area contributed by atoms with Gasteiger partial charge < -0.3 is 5.73 Å². The molecule has 0 heterocycles. The number of nitrogens with zero attached hydrogens (tertiary/aromatic N) is 1. The van der Waals surface area contributed by atoms with Gasteiger partial charge in [0.25, 0.3) is 0 Å². The van der Waals surface area contributed by atoms with Crippen molar-refractivity contribution in [3.05, 3.63) is 0 Å². The van der Waals surface area contributed by atoms with Crippen molar-refractivity contribution in [3.8, 4) is 0 Å². The maximum atomic E-state index is 10.5. The Balaban J connectivity index is 2.10. The zero-order valence-electron chi connectivity index (χ0n) is 10.3. The fourth-order valence-corrected chi connectivity index (χ4v) is 3.68. The van der Waals surface area contributed by atoms with Gasteiger partial charge in [0, 0.05) is 12.1 Å². The van der Waals surface area contributed by atoms with Crippen LogP contribution in [-0.2, 0) is 0 Å². The van der Waals surface area contributed by atoms with Crippen LogP contribution in [0.25, 0.3) is 0 Å². The van der Waals surface area contributed by atoms with E-state index in [1.807, 2.05) is 6.21 Å². The third-order valence-corrected chi connectivity index (χ3v) is 5.29. The average Bonchev–Trinajstić information content (AvgIpc) is 2.49. The van der Waals surface area contributed by atoms with Gasteiger partial charge in [-0.1, -0.05) is 20.8 Å². The number of rotatable bonds is 2. The van der Waals surface area contributed by atoms with Crippen molar-refractivity contribution in [2.45, 2.75) is 40.0 Å². The Morgan fingerprint density at radius 2 is 2.19 bits per heavy atom. The minimum atomic E-state index is -0.594. The molecule has 0 spiro atoms. The lowest BCUT2D eigenvalue weighted by molar-refractivity contribution is 0.132. The largest absolute Gasteiger partial charge is 0.350 e. The highest BCUT2D eigenvalue weighted by Gasteiger charge is 2.60.